The van der Waals surface area contributed by atoms with E-state index in [0.29, 0.717) is 0 Å². The number of carbonyl (C=O) groups is 2. The van der Waals surface area contributed by atoms with Crippen molar-refractivity contribution < 1.29 is 9.59 Å². The van der Waals surface area contributed by atoms with Crippen LogP contribution in [0.25, 0.3) is 0 Å². The first-order chi connectivity index (χ1) is 9.94. The molecule has 0 aromatic rings. The van der Waals surface area contributed by atoms with Crippen LogP contribution in [0.1, 0.15) is 27.2 Å². The van der Waals surface area contributed by atoms with E-state index in [9.17, 15) is 9.59 Å². The lowest BCUT2D eigenvalue weighted by molar-refractivity contribution is -0.134. The normalized spacial score (nSPS) is 23.4. The molecule has 122 valence electrons. The van der Waals surface area contributed by atoms with E-state index in [2.05, 4.69) is 27.4 Å². The molecule has 6 nitrogen and oxygen atoms in total. The molecule has 1 rings (SSSR count). The van der Waals surface area contributed by atoms with Crippen LogP contribution in [0.4, 0.5) is 0 Å². The SMILES string of the molecule is CC[C@H](C)[C@H](NC(=O)C1CN(CC)CCN1C)C(=O)NC. The summed E-state index contributed by atoms with van der Waals surface area (Å²) in [6.07, 6.45) is 0.847. The molecule has 1 saturated heterocycles. The van der Waals surface area contributed by atoms with Crippen LogP contribution < -0.4 is 10.6 Å². The van der Waals surface area contributed by atoms with Crippen LogP contribution in [0.15, 0.2) is 0 Å². The molecule has 1 heterocycles. The first-order valence-corrected chi connectivity index (χ1v) is 7.89. The van der Waals surface area contributed by atoms with Gasteiger partial charge in [-0.15, -0.1) is 0 Å². The third-order valence-corrected chi connectivity index (χ3v) is 4.52. The zero-order chi connectivity index (χ0) is 16.0. The minimum absolute atomic E-state index is 0.0513. The van der Waals surface area contributed by atoms with Crippen molar-refractivity contribution in [3.05, 3.63) is 0 Å². The van der Waals surface area contributed by atoms with Crippen molar-refractivity contribution in [1.29, 1.82) is 0 Å². The number of nitrogens with one attached hydrogen (secondary N) is 2. The van der Waals surface area contributed by atoms with E-state index >= 15 is 0 Å². The van der Waals surface area contributed by atoms with E-state index in [4.69, 9.17) is 0 Å². The van der Waals surface area contributed by atoms with Crippen molar-refractivity contribution in [2.75, 3.05) is 40.3 Å². The Morgan fingerprint density at radius 3 is 2.48 bits per heavy atom. The van der Waals surface area contributed by atoms with E-state index in [-0.39, 0.29) is 23.8 Å². The highest BCUT2D eigenvalue weighted by molar-refractivity contribution is 5.90. The molecule has 2 amide bonds. The molecule has 0 bridgehead atoms. The first kappa shape index (κ1) is 17.9. The van der Waals surface area contributed by atoms with Gasteiger partial charge in [-0.25, -0.2) is 0 Å². The standard InChI is InChI=1S/C15H30N4O2/c1-6-11(3)13(15(21)16-4)17-14(20)12-10-19(7-2)9-8-18(12)5/h11-13H,6-10H2,1-5H3,(H,16,21)(H,17,20)/t11-,12?,13-/m0/s1. The molecule has 1 aliphatic rings. The van der Waals surface area contributed by atoms with Crippen LogP contribution in [0.3, 0.4) is 0 Å². The average Bonchev–Trinajstić information content (AvgIpc) is 2.51. The highest BCUT2D eigenvalue weighted by atomic mass is 16.2. The third kappa shape index (κ3) is 4.68. The second-order valence-electron chi connectivity index (χ2n) is 5.88. The number of nitrogens with zero attached hydrogens (tertiary/aromatic N) is 2. The van der Waals surface area contributed by atoms with Gasteiger partial charge >= 0.3 is 0 Å². The summed E-state index contributed by atoms with van der Waals surface area (Å²) in [5.41, 5.74) is 0. The Bertz CT molecular complexity index is 362. The monoisotopic (exact) mass is 298 g/mol. The van der Waals surface area contributed by atoms with Gasteiger partial charge in [0.05, 0.1) is 0 Å². The van der Waals surface area contributed by atoms with Crippen LogP contribution in [0.5, 0.6) is 0 Å². The van der Waals surface area contributed by atoms with E-state index in [1.807, 2.05) is 20.9 Å². The smallest absolute Gasteiger partial charge is 0.242 e. The van der Waals surface area contributed by atoms with Gasteiger partial charge in [0.1, 0.15) is 12.1 Å². The summed E-state index contributed by atoms with van der Waals surface area (Å²) in [4.78, 5) is 28.9. The number of rotatable bonds is 6. The molecule has 0 spiro atoms. The molecule has 1 unspecified atom stereocenters. The molecule has 21 heavy (non-hydrogen) atoms. The molecule has 0 saturated carbocycles. The lowest BCUT2D eigenvalue weighted by Crippen LogP contribution is -2.60. The molecule has 6 heteroatoms. The van der Waals surface area contributed by atoms with Gasteiger partial charge in [0.15, 0.2) is 0 Å². The summed E-state index contributed by atoms with van der Waals surface area (Å²) >= 11 is 0. The van der Waals surface area contributed by atoms with Gasteiger partial charge < -0.3 is 15.5 Å². The number of hydrogen-bond donors (Lipinski definition) is 2. The summed E-state index contributed by atoms with van der Waals surface area (Å²) in [5, 5.41) is 5.59. The van der Waals surface area contributed by atoms with Gasteiger partial charge in [0, 0.05) is 26.7 Å². The highest BCUT2D eigenvalue weighted by Gasteiger charge is 2.33. The third-order valence-electron chi connectivity index (χ3n) is 4.52. The zero-order valence-corrected chi connectivity index (χ0v) is 14.0. The van der Waals surface area contributed by atoms with Crippen molar-refractivity contribution in [3.63, 3.8) is 0 Å². The predicted octanol–water partition coefficient (Wildman–Crippen LogP) is -0.101. The van der Waals surface area contributed by atoms with Crippen LogP contribution in [-0.2, 0) is 9.59 Å². The Morgan fingerprint density at radius 2 is 1.95 bits per heavy atom. The summed E-state index contributed by atoms with van der Waals surface area (Å²) in [5.74, 6) is -0.0573. The Hall–Kier alpha value is -1.14. The second kappa shape index (κ2) is 8.34. The molecule has 0 aliphatic carbocycles. The Kier molecular flexibility index (Phi) is 7.11. The minimum atomic E-state index is -0.460. The number of hydrogen-bond acceptors (Lipinski definition) is 4. The minimum Gasteiger partial charge on any atom is -0.357 e. The molecular weight excluding hydrogens is 268 g/mol. The van der Waals surface area contributed by atoms with Crippen LogP contribution >= 0.6 is 0 Å². The topological polar surface area (TPSA) is 64.7 Å². The first-order valence-electron chi connectivity index (χ1n) is 7.89. The molecule has 0 aromatic heterocycles. The average molecular weight is 298 g/mol. The van der Waals surface area contributed by atoms with Crippen LogP contribution in [0, 0.1) is 5.92 Å². The Balaban J connectivity index is 2.73. The maximum atomic E-state index is 12.6. The molecular formula is C15H30N4O2. The largest absolute Gasteiger partial charge is 0.357 e. The molecule has 1 fully saturated rings. The number of carbonyl (C=O) groups excluding carboxylic acids is 2. The summed E-state index contributed by atoms with van der Waals surface area (Å²) in [7, 11) is 3.57. The highest BCUT2D eigenvalue weighted by Crippen LogP contribution is 2.11. The molecule has 0 radical (unpaired) electrons. The predicted molar refractivity (Wildman–Crippen MR) is 84.0 cm³/mol. The lowest BCUT2D eigenvalue weighted by Gasteiger charge is -2.38. The fraction of sp³-hybridized carbons (Fsp3) is 0.867. The van der Waals surface area contributed by atoms with Crippen molar-refractivity contribution in [3.8, 4) is 0 Å². The molecule has 3 atom stereocenters. The second-order valence-corrected chi connectivity index (χ2v) is 5.88. The molecule has 2 N–H and O–H groups in total. The van der Waals surface area contributed by atoms with Crippen LogP contribution in [-0.4, -0.2) is 74.0 Å². The maximum absolute atomic E-state index is 12.6. The van der Waals surface area contributed by atoms with Gasteiger partial charge in [-0.05, 0) is 19.5 Å². The van der Waals surface area contributed by atoms with E-state index < -0.39 is 6.04 Å². The van der Waals surface area contributed by atoms with Crippen molar-refractivity contribution in [2.45, 2.75) is 39.3 Å². The number of likely N-dealkylation sites (N-methyl/N-ethyl adjacent to an activating group) is 3. The van der Waals surface area contributed by atoms with Crippen molar-refractivity contribution in [1.82, 2.24) is 20.4 Å². The van der Waals surface area contributed by atoms with Crippen molar-refractivity contribution >= 4 is 11.8 Å². The molecule has 1 aliphatic heterocycles. The van der Waals surface area contributed by atoms with E-state index in [1.54, 1.807) is 7.05 Å². The van der Waals surface area contributed by atoms with Gasteiger partial charge in [0.25, 0.3) is 0 Å². The van der Waals surface area contributed by atoms with E-state index in [0.717, 1.165) is 32.6 Å². The lowest BCUT2D eigenvalue weighted by atomic mass is 9.97. The van der Waals surface area contributed by atoms with Gasteiger partial charge in [0.2, 0.25) is 11.8 Å². The van der Waals surface area contributed by atoms with Gasteiger partial charge in [-0.1, -0.05) is 27.2 Å². The fourth-order valence-corrected chi connectivity index (χ4v) is 2.61. The quantitative estimate of drug-likeness (QED) is 0.719. The summed E-state index contributed by atoms with van der Waals surface area (Å²) in [6, 6.07) is -0.646. The van der Waals surface area contributed by atoms with Crippen LogP contribution in [0.2, 0.25) is 0 Å². The van der Waals surface area contributed by atoms with E-state index in [1.165, 1.54) is 0 Å². The number of piperazine rings is 1. The van der Waals surface area contributed by atoms with Crippen molar-refractivity contribution in [2.24, 2.45) is 5.92 Å². The van der Waals surface area contributed by atoms with Gasteiger partial charge in [-0.3, -0.25) is 14.5 Å². The Morgan fingerprint density at radius 1 is 1.29 bits per heavy atom. The summed E-state index contributed by atoms with van der Waals surface area (Å²) in [6.45, 7) is 9.65. The molecule has 0 aromatic carbocycles. The number of amides is 2. The zero-order valence-electron chi connectivity index (χ0n) is 14.0. The van der Waals surface area contributed by atoms with Gasteiger partial charge in [-0.2, -0.15) is 0 Å². The Labute approximate surface area is 128 Å². The maximum Gasteiger partial charge on any atom is 0.242 e. The summed E-state index contributed by atoms with van der Waals surface area (Å²) < 4.78 is 0. The fourth-order valence-electron chi connectivity index (χ4n) is 2.61.